The van der Waals surface area contributed by atoms with Crippen molar-refractivity contribution in [2.45, 2.75) is 24.3 Å². The molecule has 0 spiro atoms. The van der Waals surface area contributed by atoms with Crippen molar-refractivity contribution in [3.05, 3.63) is 83.7 Å². The van der Waals surface area contributed by atoms with Gasteiger partial charge in [0.2, 0.25) is 0 Å². The van der Waals surface area contributed by atoms with Crippen molar-refractivity contribution in [2.24, 2.45) is 0 Å². The maximum atomic E-state index is 11.9. The third kappa shape index (κ3) is 5.82. The fourth-order valence-corrected chi connectivity index (χ4v) is 3.68. The molecule has 3 rings (SSSR count). The van der Waals surface area contributed by atoms with E-state index in [1.165, 1.54) is 26.2 Å². The molecule has 0 unspecified atom stereocenters. The lowest BCUT2D eigenvalue weighted by Gasteiger charge is -2.18. The van der Waals surface area contributed by atoms with Gasteiger partial charge >= 0.3 is 0 Å². The molecule has 0 amide bonds. The van der Waals surface area contributed by atoms with E-state index in [0.29, 0.717) is 22.1 Å². The number of benzene rings is 2. The molecule has 0 fully saturated rings. The molecule has 0 radical (unpaired) electrons. The normalized spacial score (nSPS) is 12.5. The molecule has 0 saturated heterocycles. The van der Waals surface area contributed by atoms with Crippen LogP contribution < -0.4 is 5.32 Å². The van der Waals surface area contributed by atoms with Crippen LogP contribution >= 0.6 is 11.6 Å². The first-order valence-electron chi connectivity index (χ1n) is 9.77. The van der Waals surface area contributed by atoms with Crippen LogP contribution in [-0.2, 0) is 9.84 Å². The summed E-state index contributed by atoms with van der Waals surface area (Å²) in [7, 11) is -3.32. The van der Waals surface area contributed by atoms with Crippen LogP contribution in [0.5, 0.6) is 0 Å². The predicted octanol–water partition coefficient (Wildman–Crippen LogP) is 5.05. The van der Waals surface area contributed by atoms with Crippen molar-refractivity contribution >= 4 is 38.5 Å². The molecule has 0 atom stereocenters. The van der Waals surface area contributed by atoms with Crippen LogP contribution in [0.15, 0.2) is 77.8 Å². The lowest BCUT2D eigenvalue weighted by Crippen LogP contribution is -2.29. The summed E-state index contributed by atoms with van der Waals surface area (Å²) in [6, 6.07) is 17.4. The van der Waals surface area contributed by atoms with Crippen molar-refractivity contribution in [3.8, 4) is 11.1 Å². The number of sulfone groups is 1. The largest absolute Gasteiger partial charge is 0.384 e. The fraction of sp³-hybridized carbons (Fsp3) is 0.167. The standard InChI is InChI=1S/C24H24ClN3O3S/c1-24(2,29)23(26)14-22(28-20-10-5-4-9-19(20)25)21-12-11-17(15-27-21)16-7-6-8-18(13-16)32(3,30)31/h4-15,26,28-29H,1-3H3/b22-14-,26-23?. The summed E-state index contributed by atoms with van der Waals surface area (Å²) in [5.41, 5.74) is 1.78. The average molecular weight is 470 g/mol. The smallest absolute Gasteiger partial charge is 0.175 e. The van der Waals surface area contributed by atoms with E-state index in [-0.39, 0.29) is 10.6 Å². The second kappa shape index (κ2) is 9.24. The summed E-state index contributed by atoms with van der Waals surface area (Å²) in [6.07, 6.45) is 4.31. The van der Waals surface area contributed by atoms with E-state index in [9.17, 15) is 13.5 Å². The van der Waals surface area contributed by atoms with Gasteiger partial charge in [-0.05, 0) is 55.8 Å². The Morgan fingerprint density at radius 3 is 2.41 bits per heavy atom. The van der Waals surface area contributed by atoms with Gasteiger partial charge in [-0.25, -0.2) is 8.42 Å². The van der Waals surface area contributed by atoms with Crippen molar-refractivity contribution < 1.29 is 13.5 Å². The van der Waals surface area contributed by atoms with Gasteiger partial charge in [-0.2, -0.15) is 0 Å². The topological polar surface area (TPSA) is 103 Å². The third-order valence-corrected chi connectivity index (χ3v) is 6.17. The second-order valence-electron chi connectivity index (χ2n) is 7.87. The number of rotatable bonds is 7. The molecule has 0 aliphatic rings. The lowest BCUT2D eigenvalue weighted by molar-refractivity contribution is 0.154. The number of hydrogen-bond acceptors (Lipinski definition) is 6. The van der Waals surface area contributed by atoms with Crippen LogP contribution in [0.4, 0.5) is 5.69 Å². The Balaban J connectivity index is 2.00. The zero-order chi connectivity index (χ0) is 23.5. The molecule has 32 heavy (non-hydrogen) atoms. The van der Waals surface area contributed by atoms with Gasteiger partial charge in [0.15, 0.2) is 9.84 Å². The van der Waals surface area contributed by atoms with Gasteiger partial charge < -0.3 is 15.8 Å². The van der Waals surface area contributed by atoms with E-state index in [4.69, 9.17) is 17.0 Å². The van der Waals surface area contributed by atoms with Gasteiger partial charge in [0.1, 0.15) is 5.60 Å². The fourth-order valence-electron chi connectivity index (χ4n) is 2.83. The Labute approximate surface area is 193 Å². The highest BCUT2D eigenvalue weighted by Crippen LogP contribution is 2.27. The van der Waals surface area contributed by atoms with Gasteiger partial charge in [-0.3, -0.25) is 4.98 Å². The average Bonchev–Trinajstić information content (AvgIpc) is 2.73. The molecule has 0 bridgehead atoms. The van der Waals surface area contributed by atoms with E-state index in [1.54, 1.807) is 42.6 Å². The molecule has 2 aromatic carbocycles. The van der Waals surface area contributed by atoms with Crippen molar-refractivity contribution in [2.75, 3.05) is 11.6 Å². The predicted molar refractivity (Wildman–Crippen MR) is 130 cm³/mol. The quantitative estimate of drug-likeness (QED) is 0.420. The summed E-state index contributed by atoms with van der Waals surface area (Å²) in [5.74, 6) is 0. The second-order valence-corrected chi connectivity index (χ2v) is 10.3. The minimum Gasteiger partial charge on any atom is -0.384 e. The van der Waals surface area contributed by atoms with Crippen LogP contribution in [0, 0.1) is 5.41 Å². The molecular weight excluding hydrogens is 446 g/mol. The highest BCUT2D eigenvalue weighted by Gasteiger charge is 2.19. The number of nitrogens with zero attached hydrogens (tertiary/aromatic N) is 1. The highest BCUT2D eigenvalue weighted by molar-refractivity contribution is 7.90. The highest BCUT2D eigenvalue weighted by atomic mass is 35.5. The lowest BCUT2D eigenvalue weighted by atomic mass is 10.0. The molecule has 3 N–H and O–H groups in total. The molecule has 0 aliphatic heterocycles. The van der Waals surface area contributed by atoms with Crippen LogP contribution in [0.25, 0.3) is 16.8 Å². The van der Waals surface area contributed by atoms with Gasteiger partial charge in [0.25, 0.3) is 0 Å². The number of para-hydroxylation sites is 1. The molecule has 1 aromatic heterocycles. The minimum atomic E-state index is -3.32. The Morgan fingerprint density at radius 2 is 1.81 bits per heavy atom. The molecule has 3 aromatic rings. The van der Waals surface area contributed by atoms with Gasteiger partial charge in [0, 0.05) is 18.0 Å². The maximum Gasteiger partial charge on any atom is 0.175 e. The van der Waals surface area contributed by atoms with Crippen molar-refractivity contribution in [3.63, 3.8) is 0 Å². The molecule has 8 heteroatoms. The summed E-state index contributed by atoms with van der Waals surface area (Å²) in [4.78, 5) is 4.74. The number of halogens is 1. The zero-order valence-corrected chi connectivity index (χ0v) is 19.5. The van der Waals surface area contributed by atoms with Crippen LogP contribution in [0.3, 0.4) is 0 Å². The number of aromatic nitrogens is 1. The number of hydrogen-bond donors (Lipinski definition) is 3. The van der Waals surface area contributed by atoms with E-state index >= 15 is 0 Å². The van der Waals surface area contributed by atoms with Crippen LogP contribution in [-0.4, -0.2) is 36.1 Å². The summed E-state index contributed by atoms with van der Waals surface area (Å²) in [6.45, 7) is 3.06. The van der Waals surface area contributed by atoms with Crippen LogP contribution in [0.2, 0.25) is 5.02 Å². The Bertz CT molecular complexity index is 1280. The zero-order valence-electron chi connectivity index (χ0n) is 17.9. The van der Waals surface area contributed by atoms with Crippen molar-refractivity contribution in [1.82, 2.24) is 4.98 Å². The molecule has 166 valence electrons. The summed E-state index contributed by atoms with van der Waals surface area (Å²) in [5, 5.41) is 22.1. The number of nitrogens with one attached hydrogen (secondary N) is 2. The Morgan fingerprint density at radius 1 is 1.09 bits per heavy atom. The van der Waals surface area contributed by atoms with E-state index < -0.39 is 15.4 Å². The first-order chi connectivity index (χ1) is 14.9. The monoisotopic (exact) mass is 469 g/mol. The van der Waals surface area contributed by atoms with E-state index in [2.05, 4.69) is 10.3 Å². The third-order valence-electron chi connectivity index (χ3n) is 4.73. The SMILES string of the molecule is CC(C)(O)C(=N)/C=C(\Nc1ccccc1Cl)c1ccc(-c2cccc(S(C)(=O)=O)c2)cn1. The molecular formula is C24H24ClN3O3S. The number of anilines is 1. The summed E-state index contributed by atoms with van der Waals surface area (Å²) < 4.78 is 23.7. The van der Waals surface area contributed by atoms with E-state index in [0.717, 1.165) is 11.1 Å². The van der Waals surface area contributed by atoms with Crippen LogP contribution in [0.1, 0.15) is 19.5 Å². The van der Waals surface area contributed by atoms with Gasteiger partial charge in [0.05, 0.1) is 32.7 Å². The maximum absolute atomic E-state index is 11.9. The number of aliphatic hydroxyl groups is 1. The minimum absolute atomic E-state index is 0.00113. The van der Waals surface area contributed by atoms with Gasteiger partial charge in [-0.1, -0.05) is 41.9 Å². The first kappa shape index (κ1) is 23.7. The molecule has 0 aliphatic carbocycles. The molecule has 6 nitrogen and oxygen atoms in total. The van der Waals surface area contributed by atoms with Crippen molar-refractivity contribution in [1.29, 1.82) is 5.41 Å². The Hall–Kier alpha value is -3.00. The van der Waals surface area contributed by atoms with E-state index in [1.807, 2.05) is 24.3 Å². The first-order valence-corrected chi connectivity index (χ1v) is 12.0. The van der Waals surface area contributed by atoms with Gasteiger partial charge in [-0.15, -0.1) is 0 Å². The molecule has 0 saturated carbocycles. The molecule has 1 heterocycles. The summed E-state index contributed by atoms with van der Waals surface area (Å²) >= 11 is 6.28. The Kier molecular flexibility index (Phi) is 6.83. The number of pyridine rings is 1.